The maximum Gasteiger partial charge on any atom is 0.0603 e. The van der Waals surface area contributed by atoms with Gasteiger partial charge in [0, 0.05) is 11.9 Å². The number of hydrogen-bond donors (Lipinski definition) is 1. The molecule has 2 aromatic rings. The quantitative estimate of drug-likeness (QED) is 0.700. The van der Waals surface area contributed by atoms with Crippen LogP contribution in [-0.4, -0.2) is 4.98 Å². The van der Waals surface area contributed by atoms with E-state index >= 15 is 0 Å². The van der Waals surface area contributed by atoms with Crippen molar-refractivity contribution >= 4 is 11.4 Å². The highest BCUT2D eigenvalue weighted by Crippen LogP contribution is 2.28. The summed E-state index contributed by atoms with van der Waals surface area (Å²) in [5.41, 5.74) is 5.08. The van der Waals surface area contributed by atoms with Gasteiger partial charge in [-0.1, -0.05) is 18.2 Å². The number of benzene rings is 1. The molecule has 0 amide bonds. The summed E-state index contributed by atoms with van der Waals surface area (Å²) in [5.74, 6) is 0. The Kier molecular flexibility index (Phi) is 1.91. The molecule has 0 saturated carbocycles. The van der Waals surface area contributed by atoms with Crippen molar-refractivity contribution in [2.24, 2.45) is 0 Å². The fourth-order valence-corrected chi connectivity index (χ4v) is 2.03. The van der Waals surface area contributed by atoms with E-state index in [9.17, 15) is 0 Å². The maximum atomic E-state index is 4.15. The molecule has 2 heteroatoms. The monoisotopic (exact) mass is 196 g/mol. The normalized spacial score (nSPS) is 13.3. The molecule has 3 rings (SSSR count). The molecule has 1 aliphatic rings. The van der Waals surface area contributed by atoms with Crippen LogP contribution in [-0.2, 0) is 12.8 Å². The molecular weight excluding hydrogens is 184 g/mol. The van der Waals surface area contributed by atoms with Gasteiger partial charge in [-0.25, -0.2) is 0 Å². The molecule has 2 nitrogen and oxygen atoms in total. The van der Waals surface area contributed by atoms with Gasteiger partial charge in [0.25, 0.3) is 0 Å². The molecule has 1 aromatic heterocycles. The smallest absolute Gasteiger partial charge is 0.0603 e. The first kappa shape index (κ1) is 8.48. The Bertz CT molecular complexity index is 446. The number of hydrogen-bond acceptors (Lipinski definition) is 2. The number of rotatable bonds is 0. The molecule has 15 heavy (non-hydrogen) atoms. The van der Waals surface area contributed by atoms with Crippen LogP contribution < -0.4 is 5.32 Å². The number of pyridine rings is 1. The lowest BCUT2D eigenvalue weighted by atomic mass is 10.1. The molecule has 0 atom stereocenters. The number of aromatic nitrogens is 1. The number of nitrogens with zero attached hydrogens (tertiary/aromatic N) is 1. The van der Waals surface area contributed by atoms with Gasteiger partial charge in [0.2, 0.25) is 0 Å². The van der Waals surface area contributed by atoms with E-state index in [1.165, 1.54) is 16.8 Å². The number of aryl methyl sites for hydroxylation is 2. The van der Waals surface area contributed by atoms with Gasteiger partial charge in [-0.2, -0.15) is 0 Å². The number of para-hydroxylation sites is 1. The zero-order valence-corrected chi connectivity index (χ0v) is 8.40. The summed E-state index contributed by atoms with van der Waals surface area (Å²) in [7, 11) is 0. The van der Waals surface area contributed by atoms with E-state index in [-0.39, 0.29) is 0 Å². The highest BCUT2D eigenvalue weighted by atomic mass is 14.9. The molecule has 1 aliphatic heterocycles. The van der Waals surface area contributed by atoms with Crippen LogP contribution in [0.4, 0.5) is 11.4 Å². The molecule has 0 unspecified atom stereocenters. The molecule has 74 valence electrons. The molecule has 0 spiro atoms. The van der Waals surface area contributed by atoms with Crippen LogP contribution in [0.1, 0.15) is 11.1 Å². The lowest BCUT2D eigenvalue weighted by Gasteiger charge is -2.07. The summed E-state index contributed by atoms with van der Waals surface area (Å²) in [6, 6.07) is 10.6. The Hall–Kier alpha value is -1.83. The number of nitrogens with one attached hydrogen (secondary N) is 1. The van der Waals surface area contributed by atoms with Crippen molar-refractivity contribution < 1.29 is 0 Å². The largest absolute Gasteiger partial charge is 0.354 e. The minimum atomic E-state index is 1.09. The van der Waals surface area contributed by atoms with E-state index in [1.54, 1.807) is 0 Å². The highest BCUT2D eigenvalue weighted by Gasteiger charge is 2.11. The topological polar surface area (TPSA) is 24.9 Å². The lowest BCUT2D eigenvalue weighted by Crippen LogP contribution is -1.93. The summed E-state index contributed by atoms with van der Waals surface area (Å²) in [6.45, 7) is 0. The Balaban J connectivity index is 2.10. The molecule has 0 fully saturated rings. The van der Waals surface area contributed by atoms with Gasteiger partial charge in [-0.05, 0) is 36.1 Å². The Morgan fingerprint density at radius 3 is 2.67 bits per heavy atom. The average Bonchev–Trinajstić information content (AvgIpc) is 2.48. The van der Waals surface area contributed by atoms with Gasteiger partial charge < -0.3 is 5.32 Å². The minimum absolute atomic E-state index is 1.09. The van der Waals surface area contributed by atoms with Crippen molar-refractivity contribution in [1.82, 2.24) is 4.98 Å². The van der Waals surface area contributed by atoms with Crippen molar-refractivity contribution in [3.05, 3.63) is 53.9 Å². The summed E-state index contributed by atoms with van der Waals surface area (Å²) >= 11 is 0. The molecule has 0 bridgehead atoms. The predicted molar refractivity (Wildman–Crippen MR) is 61.4 cm³/mol. The summed E-state index contributed by atoms with van der Waals surface area (Å²) in [5, 5.41) is 3.44. The van der Waals surface area contributed by atoms with E-state index < -0.39 is 0 Å². The minimum Gasteiger partial charge on any atom is -0.354 e. The van der Waals surface area contributed by atoms with E-state index in [0.717, 1.165) is 18.5 Å². The van der Waals surface area contributed by atoms with E-state index in [2.05, 4.69) is 40.6 Å². The molecule has 2 heterocycles. The molecule has 0 saturated heterocycles. The van der Waals surface area contributed by atoms with E-state index in [1.807, 2.05) is 12.4 Å². The average molecular weight is 196 g/mol. The zero-order chi connectivity index (χ0) is 10.1. The number of anilines is 2. The SMILES string of the molecule is c1ccc2c(c1)CCc1ccncc1N2. The Labute approximate surface area is 89.0 Å². The second-order valence-corrected chi connectivity index (χ2v) is 3.81. The molecular formula is C13H12N2. The number of fused-ring (bicyclic) bond motifs is 2. The zero-order valence-electron chi connectivity index (χ0n) is 8.40. The third-order valence-electron chi connectivity index (χ3n) is 2.86. The van der Waals surface area contributed by atoms with Crippen molar-refractivity contribution in [3.8, 4) is 0 Å². The van der Waals surface area contributed by atoms with Crippen LogP contribution in [0.3, 0.4) is 0 Å². The standard InChI is InChI=1S/C13H12N2/c1-2-4-12-10(3-1)5-6-11-7-8-14-9-13(11)15-12/h1-4,7-9,15H,5-6H2. The van der Waals surface area contributed by atoms with Gasteiger partial charge in [0.05, 0.1) is 11.9 Å². The lowest BCUT2D eigenvalue weighted by molar-refractivity contribution is 0.974. The second kappa shape index (κ2) is 3.39. The van der Waals surface area contributed by atoms with Crippen LogP contribution in [0, 0.1) is 0 Å². The highest BCUT2D eigenvalue weighted by molar-refractivity contribution is 5.67. The van der Waals surface area contributed by atoms with E-state index in [4.69, 9.17) is 0 Å². The van der Waals surface area contributed by atoms with Crippen molar-refractivity contribution in [3.63, 3.8) is 0 Å². The Morgan fingerprint density at radius 1 is 0.933 bits per heavy atom. The van der Waals surface area contributed by atoms with Gasteiger partial charge in [-0.15, -0.1) is 0 Å². The predicted octanol–water partition coefficient (Wildman–Crippen LogP) is 2.92. The third-order valence-corrected chi connectivity index (χ3v) is 2.86. The fourth-order valence-electron chi connectivity index (χ4n) is 2.03. The van der Waals surface area contributed by atoms with Crippen LogP contribution in [0.5, 0.6) is 0 Å². The van der Waals surface area contributed by atoms with Gasteiger partial charge in [0.1, 0.15) is 0 Å². The second-order valence-electron chi connectivity index (χ2n) is 3.81. The van der Waals surface area contributed by atoms with Gasteiger partial charge in [-0.3, -0.25) is 4.98 Å². The molecule has 1 aromatic carbocycles. The molecule has 1 N–H and O–H groups in total. The molecule has 0 radical (unpaired) electrons. The maximum absolute atomic E-state index is 4.15. The van der Waals surface area contributed by atoms with Crippen LogP contribution in [0.2, 0.25) is 0 Å². The Morgan fingerprint density at radius 2 is 1.73 bits per heavy atom. The summed E-state index contributed by atoms with van der Waals surface area (Å²) in [4.78, 5) is 4.15. The van der Waals surface area contributed by atoms with Crippen molar-refractivity contribution in [2.45, 2.75) is 12.8 Å². The van der Waals surface area contributed by atoms with Crippen LogP contribution in [0.25, 0.3) is 0 Å². The van der Waals surface area contributed by atoms with Crippen molar-refractivity contribution in [1.29, 1.82) is 0 Å². The summed E-state index contributed by atoms with van der Waals surface area (Å²) in [6.07, 6.45) is 5.94. The van der Waals surface area contributed by atoms with Gasteiger partial charge in [0.15, 0.2) is 0 Å². The fraction of sp³-hybridized carbons (Fsp3) is 0.154. The van der Waals surface area contributed by atoms with Crippen molar-refractivity contribution in [2.75, 3.05) is 5.32 Å². The first-order valence-corrected chi connectivity index (χ1v) is 5.21. The summed E-state index contributed by atoms with van der Waals surface area (Å²) < 4.78 is 0. The van der Waals surface area contributed by atoms with Crippen LogP contribution >= 0.6 is 0 Å². The van der Waals surface area contributed by atoms with E-state index in [0.29, 0.717) is 0 Å². The molecule has 0 aliphatic carbocycles. The van der Waals surface area contributed by atoms with Gasteiger partial charge >= 0.3 is 0 Å². The van der Waals surface area contributed by atoms with Crippen LogP contribution in [0.15, 0.2) is 42.7 Å². The third kappa shape index (κ3) is 1.48. The first-order chi connectivity index (χ1) is 7.43. The first-order valence-electron chi connectivity index (χ1n) is 5.21.